The van der Waals surface area contributed by atoms with E-state index in [0.29, 0.717) is 13.1 Å². The minimum absolute atomic E-state index is 0.00926. The van der Waals surface area contributed by atoms with Gasteiger partial charge in [-0.05, 0) is 24.3 Å². The maximum absolute atomic E-state index is 11.4. The summed E-state index contributed by atoms with van der Waals surface area (Å²) in [4.78, 5) is 39.1. The molecule has 2 heterocycles. The number of ketones is 2. The van der Waals surface area contributed by atoms with Crippen molar-refractivity contribution in [1.29, 1.82) is 0 Å². The number of pyridine rings is 1. The Bertz CT molecular complexity index is 783. The van der Waals surface area contributed by atoms with Gasteiger partial charge < -0.3 is 4.90 Å². The van der Waals surface area contributed by atoms with Crippen molar-refractivity contribution in [2.45, 2.75) is 0 Å². The molecule has 1 aliphatic heterocycles. The summed E-state index contributed by atoms with van der Waals surface area (Å²) in [6.07, 6.45) is 5.21. The fourth-order valence-corrected chi connectivity index (χ4v) is 2.12. The van der Waals surface area contributed by atoms with Gasteiger partial charge in [0.1, 0.15) is 0 Å². The molecule has 1 amide bonds. The van der Waals surface area contributed by atoms with Crippen LogP contribution in [0.1, 0.15) is 0 Å². The van der Waals surface area contributed by atoms with Crippen molar-refractivity contribution in [3.8, 4) is 0 Å². The highest BCUT2D eigenvalue weighted by atomic mass is 16.2. The number of para-hydroxylation sites is 1. The SMILES string of the molecule is O=C1C=CC(=O)C(C(=O)N2CC2)=C1.c1ccc2ncccc2c1. The lowest BCUT2D eigenvalue weighted by molar-refractivity contribution is -0.125. The summed E-state index contributed by atoms with van der Waals surface area (Å²) in [6.45, 7) is 1.36. The molecule has 0 radical (unpaired) electrons. The minimum Gasteiger partial charge on any atom is -0.335 e. The second-order valence-corrected chi connectivity index (χ2v) is 5.15. The van der Waals surface area contributed by atoms with Crippen LogP contribution in [0.15, 0.2) is 66.4 Å². The van der Waals surface area contributed by atoms with Gasteiger partial charge in [-0.15, -0.1) is 0 Å². The molecule has 0 bridgehead atoms. The summed E-state index contributed by atoms with van der Waals surface area (Å²) in [5.41, 5.74) is 1.05. The molecule has 1 fully saturated rings. The van der Waals surface area contributed by atoms with Gasteiger partial charge in [-0.3, -0.25) is 19.4 Å². The van der Waals surface area contributed by atoms with Gasteiger partial charge in [-0.25, -0.2) is 0 Å². The maximum Gasteiger partial charge on any atom is 0.258 e. The second-order valence-electron chi connectivity index (χ2n) is 5.15. The van der Waals surface area contributed by atoms with Crippen molar-refractivity contribution in [3.63, 3.8) is 0 Å². The van der Waals surface area contributed by atoms with E-state index in [4.69, 9.17) is 0 Å². The highest BCUT2D eigenvalue weighted by Gasteiger charge is 2.31. The zero-order valence-electron chi connectivity index (χ0n) is 12.3. The monoisotopic (exact) mass is 306 g/mol. The molecule has 0 atom stereocenters. The molecule has 2 aliphatic rings. The van der Waals surface area contributed by atoms with Crippen molar-refractivity contribution in [2.24, 2.45) is 0 Å². The van der Waals surface area contributed by atoms with Crippen LogP contribution in [-0.4, -0.2) is 40.4 Å². The standard InChI is InChI=1S/C9H7NO3.C9H7N/c11-6-1-2-8(12)7(5-6)9(13)10-3-4-10;1-2-6-9-8(4-1)5-3-7-10-9/h1-2,5H,3-4H2;1-7H. The predicted molar refractivity (Wildman–Crippen MR) is 85.6 cm³/mol. The number of nitrogens with zero attached hydrogens (tertiary/aromatic N) is 2. The highest BCUT2D eigenvalue weighted by Crippen LogP contribution is 2.14. The summed E-state index contributed by atoms with van der Waals surface area (Å²) in [5.74, 6) is -1.01. The number of amides is 1. The van der Waals surface area contributed by atoms with Gasteiger partial charge in [0.05, 0.1) is 11.1 Å². The van der Waals surface area contributed by atoms with Crippen LogP contribution < -0.4 is 0 Å². The third-order valence-corrected chi connectivity index (χ3v) is 3.43. The highest BCUT2D eigenvalue weighted by molar-refractivity contribution is 6.30. The Balaban J connectivity index is 0.000000140. The molecule has 1 saturated heterocycles. The van der Waals surface area contributed by atoms with E-state index in [-0.39, 0.29) is 23.0 Å². The smallest absolute Gasteiger partial charge is 0.258 e. The normalized spacial score (nSPS) is 15.8. The average molecular weight is 306 g/mol. The predicted octanol–water partition coefficient (Wildman–Crippen LogP) is 1.70. The van der Waals surface area contributed by atoms with Gasteiger partial charge in [-0.2, -0.15) is 0 Å². The molecule has 0 spiro atoms. The lowest BCUT2D eigenvalue weighted by atomic mass is 10.0. The molecule has 0 saturated carbocycles. The molecule has 0 N–H and O–H groups in total. The van der Waals surface area contributed by atoms with Gasteiger partial charge in [-0.1, -0.05) is 24.3 Å². The van der Waals surface area contributed by atoms with E-state index in [0.717, 1.165) is 17.7 Å². The largest absolute Gasteiger partial charge is 0.335 e. The van der Waals surface area contributed by atoms with Crippen LogP contribution in [0.4, 0.5) is 0 Å². The van der Waals surface area contributed by atoms with E-state index in [2.05, 4.69) is 17.1 Å². The van der Waals surface area contributed by atoms with Crippen LogP contribution in [0.2, 0.25) is 0 Å². The number of hydrogen-bond donors (Lipinski definition) is 0. The fourth-order valence-electron chi connectivity index (χ4n) is 2.12. The Morgan fingerprint density at radius 3 is 2.48 bits per heavy atom. The lowest BCUT2D eigenvalue weighted by Crippen LogP contribution is -2.21. The van der Waals surface area contributed by atoms with E-state index in [1.807, 2.05) is 30.5 Å². The summed E-state index contributed by atoms with van der Waals surface area (Å²) in [5, 5.41) is 1.20. The molecule has 23 heavy (non-hydrogen) atoms. The van der Waals surface area contributed by atoms with Crippen LogP contribution in [0, 0.1) is 0 Å². The summed E-state index contributed by atoms with van der Waals surface area (Å²) < 4.78 is 0. The summed E-state index contributed by atoms with van der Waals surface area (Å²) in [6, 6.07) is 12.1. The quantitative estimate of drug-likeness (QED) is 0.457. The lowest BCUT2D eigenvalue weighted by Gasteiger charge is -2.05. The first-order chi connectivity index (χ1) is 11.1. The molecule has 5 heteroatoms. The molecule has 0 unspecified atom stereocenters. The molecular formula is C18H14N2O3. The molecule has 1 aromatic carbocycles. The van der Waals surface area contributed by atoms with Crippen LogP contribution >= 0.6 is 0 Å². The molecule has 2 aromatic rings. The number of allylic oxidation sites excluding steroid dienone is 3. The summed E-state index contributed by atoms with van der Waals surface area (Å²) >= 11 is 0. The third kappa shape index (κ3) is 3.58. The topological polar surface area (TPSA) is 67.1 Å². The van der Waals surface area contributed by atoms with E-state index in [1.165, 1.54) is 16.4 Å². The van der Waals surface area contributed by atoms with Crippen LogP contribution in [0.25, 0.3) is 10.9 Å². The first-order valence-corrected chi connectivity index (χ1v) is 7.22. The number of carbonyl (C=O) groups is 3. The number of carbonyl (C=O) groups excluding carboxylic acids is 3. The Labute approximate surface area is 132 Å². The van der Waals surface area contributed by atoms with Gasteiger partial charge in [0.2, 0.25) is 0 Å². The minimum atomic E-state index is -0.378. The van der Waals surface area contributed by atoms with Crippen LogP contribution in [0.5, 0.6) is 0 Å². The second kappa shape index (κ2) is 6.36. The Morgan fingerprint density at radius 1 is 1.00 bits per heavy atom. The molecule has 1 aromatic heterocycles. The number of aromatic nitrogens is 1. The maximum atomic E-state index is 11.4. The Hall–Kier alpha value is -3.08. The molecule has 1 aliphatic carbocycles. The van der Waals surface area contributed by atoms with Crippen molar-refractivity contribution in [2.75, 3.05) is 13.1 Å². The Kier molecular flexibility index (Phi) is 4.10. The molecule has 5 nitrogen and oxygen atoms in total. The van der Waals surface area contributed by atoms with Gasteiger partial charge in [0, 0.05) is 30.7 Å². The van der Waals surface area contributed by atoms with E-state index >= 15 is 0 Å². The van der Waals surface area contributed by atoms with Crippen molar-refractivity contribution in [3.05, 3.63) is 66.4 Å². The molecule has 4 rings (SSSR count). The van der Waals surface area contributed by atoms with Gasteiger partial charge in [0.15, 0.2) is 11.6 Å². The average Bonchev–Trinajstić information content (AvgIpc) is 3.42. The molecule has 114 valence electrons. The molecular weight excluding hydrogens is 292 g/mol. The first kappa shape index (κ1) is 14.8. The number of rotatable bonds is 1. The first-order valence-electron chi connectivity index (χ1n) is 7.22. The fraction of sp³-hybridized carbons (Fsp3) is 0.111. The third-order valence-electron chi connectivity index (χ3n) is 3.43. The zero-order valence-corrected chi connectivity index (χ0v) is 12.3. The number of fused-ring (bicyclic) bond motifs is 1. The summed E-state index contributed by atoms with van der Waals surface area (Å²) in [7, 11) is 0. The van der Waals surface area contributed by atoms with Crippen molar-refractivity contribution < 1.29 is 14.4 Å². The van der Waals surface area contributed by atoms with Crippen LogP contribution in [-0.2, 0) is 14.4 Å². The zero-order chi connectivity index (χ0) is 16.2. The van der Waals surface area contributed by atoms with E-state index in [1.54, 1.807) is 0 Å². The number of benzene rings is 1. The van der Waals surface area contributed by atoms with Crippen molar-refractivity contribution in [1.82, 2.24) is 9.88 Å². The van der Waals surface area contributed by atoms with Crippen LogP contribution in [0.3, 0.4) is 0 Å². The van der Waals surface area contributed by atoms with E-state index in [9.17, 15) is 14.4 Å². The van der Waals surface area contributed by atoms with Gasteiger partial charge >= 0.3 is 0 Å². The van der Waals surface area contributed by atoms with E-state index < -0.39 is 0 Å². The van der Waals surface area contributed by atoms with Gasteiger partial charge in [0.25, 0.3) is 5.91 Å². The Morgan fingerprint density at radius 2 is 1.74 bits per heavy atom. The number of hydrogen-bond acceptors (Lipinski definition) is 4. The van der Waals surface area contributed by atoms with Crippen molar-refractivity contribution >= 4 is 28.4 Å².